The van der Waals surface area contributed by atoms with Crippen LogP contribution in [0.4, 0.5) is 11.4 Å². The number of fused-ring (bicyclic) bond motifs is 5. The summed E-state index contributed by atoms with van der Waals surface area (Å²) in [5.74, 6) is 0. The van der Waals surface area contributed by atoms with Gasteiger partial charge < -0.3 is 9.80 Å². The highest BCUT2D eigenvalue weighted by atomic mass is 15.2. The summed E-state index contributed by atoms with van der Waals surface area (Å²) in [5.41, 5.74) is 14.3. The molecule has 2 aromatic carbocycles. The zero-order valence-electron chi connectivity index (χ0n) is 22.3. The van der Waals surface area contributed by atoms with E-state index in [0.717, 1.165) is 12.8 Å². The van der Waals surface area contributed by atoms with E-state index in [1.807, 2.05) is 0 Å². The van der Waals surface area contributed by atoms with Crippen molar-refractivity contribution in [1.82, 2.24) is 0 Å². The Bertz CT molecular complexity index is 1140. The summed E-state index contributed by atoms with van der Waals surface area (Å²) in [6, 6.07) is 10.1. The number of rotatable bonds is 2. The molecule has 0 bridgehead atoms. The van der Waals surface area contributed by atoms with Crippen molar-refractivity contribution < 1.29 is 0 Å². The molecule has 33 heavy (non-hydrogen) atoms. The molecule has 0 saturated carbocycles. The third-order valence-electron chi connectivity index (χ3n) is 9.24. The van der Waals surface area contributed by atoms with Crippen LogP contribution in [0.25, 0.3) is 22.3 Å². The zero-order chi connectivity index (χ0) is 24.1. The second-order valence-corrected chi connectivity index (χ2v) is 11.7. The minimum atomic E-state index is 0.0210. The van der Waals surface area contributed by atoms with Crippen LogP contribution in [0.3, 0.4) is 0 Å². The second kappa shape index (κ2) is 6.78. The average Bonchev–Trinajstić information content (AvgIpc) is 3.02. The van der Waals surface area contributed by atoms with Gasteiger partial charge in [0.1, 0.15) is 0 Å². The third kappa shape index (κ3) is 2.79. The van der Waals surface area contributed by atoms with Gasteiger partial charge in [0.15, 0.2) is 0 Å². The minimum Gasteiger partial charge on any atom is -0.365 e. The van der Waals surface area contributed by atoms with E-state index in [0.29, 0.717) is 0 Å². The Morgan fingerprint density at radius 2 is 0.970 bits per heavy atom. The van der Waals surface area contributed by atoms with Gasteiger partial charge in [-0.05, 0) is 112 Å². The maximum absolute atomic E-state index is 2.53. The highest BCUT2D eigenvalue weighted by Crippen LogP contribution is 2.57. The van der Waals surface area contributed by atoms with Crippen LogP contribution in [0.5, 0.6) is 0 Å². The number of hydrogen-bond donors (Lipinski definition) is 0. The summed E-state index contributed by atoms with van der Waals surface area (Å²) in [4.78, 5) is 4.92. The Kier molecular flexibility index (Phi) is 4.58. The van der Waals surface area contributed by atoms with Crippen molar-refractivity contribution in [2.75, 3.05) is 23.9 Å². The van der Waals surface area contributed by atoms with Gasteiger partial charge in [-0.15, -0.1) is 0 Å². The van der Waals surface area contributed by atoms with E-state index in [2.05, 4.69) is 116 Å². The SMILES string of the molecule is CCC1(CC)c2cc3c(cc2-c2cc4c(cc21)N(C)C(C)(C)C=C4C)C(C)=CC(C)(C)N3C. The molecule has 0 amide bonds. The van der Waals surface area contributed by atoms with E-state index in [4.69, 9.17) is 0 Å². The van der Waals surface area contributed by atoms with Gasteiger partial charge >= 0.3 is 0 Å². The fourth-order valence-corrected chi connectivity index (χ4v) is 6.79. The van der Waals surface area contributed by atoms with Crippen LogP contribution in [-0.4, -0.2) is 25.2 Å². The van der Waals surface area contributed by atoms with Crippen molar-refractivity contribution in [1.29, 1.82) is 0 Å². The van der Waals surface area contributed by atoms with E-state index < -0.39 is 0 Å². The first-order chi connectivity index (χ1) is 15.4. The summed E-state index contributed by atoms with van der Waals surface area (Å²) >= 11 is 0. The smallest absolute Gasteiger partial charge is 0.0531 e. The molecule has 2 aromatic rings. The lowest BCUT2D eigenvalue weighted by Gasteiger charge is -2.42. The Morgan fingerprint density at radius 3 is 1.30 bits per heavy atom. The Balaban J connectivity index is 1.83. The first-order valence-corrected chi connectivity index (χ1v) is 12.6. The molecule has 0 unspecified atom stereocenters. The van der Waals surface area contributed by atoms with E-state index in [-0.39, 0.29) is 16.5 Å². The topological polar surface area (TPSA) is 6.48 Å². The lowest BCUT2D eigenvalue weighted by molar-refractivity contribution is 0.489. The van der Waals surface area contributed by atoms with Crippen LogP contribution >= 0.6 is 0 Å². The third-order valence-corrected chi connectivity index (χ3v) is 9.24. The van der Waals surface area contributed by atoms with Crippen molar-refractivity contribution in [2.24, 2.45) is 0 Å². The quantitative estimate of drug-likeness (QED) is 0.466. The molecule has 0 spiro atoms. The average molecular weight is 441 g/mol. The standard InChI is InChI=1S/C31H40N2/c1-11-31(12-2)25-15-27-21(19(3)17-29(5,6)32(27)9)13-23(25)24-14-22-20(4)18-30(7,8)33(10)28(22)16-26(24)31/h13-18H,11-12H2,1-10H3. The van der Waals surface area contributed by atoms with Crippen LogP contribution < -0.4 is 9.80 Å². The molecule has 0 radical (unpaired) electrons. The highest BCUT2D eigenvalue weighted by molar-refractivity contribution is 5.94. The maximum Gasteiger partial charge on any atom is 0.0531 e. The van der Waals surface area contributed by atoms with E-state index in [9.17, 15) is 0 Å². The van der Waals surface area contributed by atoms with Crippen molar-refractivity contribution in [3.63, 3.8) is 0 Å². The molecule has 2 nitrogen and oxygen atoms in total. The molecule has 0 fully saturated rings. The fraction of sp³-hybridized carbons (Fsp3) is 0.484. The van der Waals surface area contributed by atoms with Gasteiger partial charge in [-0.1, -0.05) is 26.0 Å². The van der Waals surface area contributed by atoms with Crippen LogP contribution in [-0.2, 0) is 5.41 Å². The molecule has 5 rings (SSSR count). The van der Waals surface area contributed by atoms with Crippen LogP contribution in [0.15, 0.2) is 36.4 Å². The summed E-state index contributed by atoms with van der Waals surface area (Å²) in [7, 11) is 4.50. The van der Waals surface area contributed by atoms with Gasteiger partial charge in [0, 0.05) is 42.0 Å². The number of likely N-dealkylation sites (N-methyl/N-ethyl adjacent to an activating group) is 2. The van der Waals surface area contributed by atoms with Gasteiger partial charge in [-0.25, -0.2) is 0 Å². The number of benzene rings is 2. The van der Waals surface area contributed by atoms with Crippen molar-refractivity contribution in [2.45, 2.75) is 84.7 Å². The van der Waals surface area contributed by atoms with Crippen LogP contribution in [0, 0.1) is 0 Å². The predicted molar refractivity (Wildman–Crippen MR) is 146 cm³/mol. The van der Waals surface area contributed by atoms with Gasteiger partial charge in [0.2, 0.25) is 0 Å². The molecular formula is C31H40N2. The lowest BCUT2D eigenvalue weighted by atomic mass is 9.72. The summed E-state index contributed by atoms with van der Waals surface area (Å²) < 4.78 is 0. The number of hydrogen-bond acceptors (Lipinski definition) is 2. The second-order valence-electron chi connectivity index (χ2n) is 11.7. The van der Waals surface area contributed by atoms with E-state index >= 15 is 0 Å². The molecule has 3 aliphatic rings. The molecule has 174 valence electrons. The van der Waals surface area contributed by atoms with E-state index in [1.165, 1.54) is 55.9 Å². The molecule has 2 aliphatic heterocycles. The Morgan fingerprint density at radius 1 is 0.606 bits per heavy atom. The lowest BCUT2D eigenvalue weighted by Crippen LogP contribution is -2.42. The fourth-order valence-electron chi connectivity index (χ4n) is 6.79. The Labute approximate surface area is 201 Å². The molecule has 2 heterocycles. The normalized spacial score (nSPS) is 21.0. The van der Waals surface area contributed by atoms with Crippen molar-refractivity contribution >= 4 is 22.5 Å². The zero-order valence-corrected chi connectivity index (χ0v) is 22.3. The van der Waals surface area contributed by atoms with Gasteiger partial charge in [-0.2, -0.15) is 0 Å². The van der Waals surface area contributed by atoms with Crippen LogP contribution in [0.1, 0.15) is 90.5 Å². The molecular weight excluding hydrogens is 400 g/mol. The number of allylic oxidation sites excluding steroid dienone is 2. The Hall–Kier alpha value is -2.48. The summed E-state index contributed by atoms with van der Waals surface area (Å²) in [5, 5.41) is 0. The van der Waals surface area contributed by atoms with Gasteiger partial charge in [0.05, 0.1) is 11.1 Å². The molecule has 0 saturated heterocycles. The van der Waals surface area contributed by atoms with Crippen molar-refractivity contribution in [3.05, 3.63) is 58.7 Å². The molecule has 2 heteroatoms. The minimum absolute atomic E-state index is 0.0210. The number of anilines is 2. The summed E-state index contributed by atoms with van der Waals surface area (Å²) in [6.07, 6.45) is 7.07. The maximum atomic E-state index is 2.53. The molecule has 0 N–H and O–H groups in total. The van der Waals surface area contributed by atoms with Gasteiger partial charge in [-0.3, -0.25) is 0 Å². The van der Waals surface area contributed by atoms with Crippen molar-refractivity contribution in [3.8, 4) is 11.1 Å². The first-order valence-electron chi connectivity index (χ1n) is 12.6. The molecule has 1 aliphatic carbocycles. The molecule has 0 atom stereocenters. The van der Waals surface area contributed by atoms with Gasteiger partial charge in [0.25, 0.3) is 0 Å². The largest absolute Gasteiger partial charge is 0.365 e. The van der Waals surface area contributed by atoms with Crippen LogP contribution in [0.2, 0.25) is 0 Å². The molecule has 0 aromatic heterocycles. The highest BCUT2D eigenvalue weighted by Gasteiger charge is 2.44. The predicted octanol–water partition coefficient (Wildman–Crippen LogP) is 8.04. The van der Waals surface area contributed by atoms with E-state index in [1.54, 1.807) is 0 Å². The summed E-state index contributed by atoms with van der Waals surface area (Å²) in [6.45, 7) is 18.6. The number of nitrogens with zero attached hydrogens (tertiary/aromatic N) is 2. The monoisotopic (exact) mass is 440 g/mol. The first kappa shape index (κ1) is 22.3.